The highest BCUT2D eigenvalue weighted by molar-refractivity contribution is 6.00. The maximum atomic E-state index is 12.7. The van der Waals surface area contributed by atoms with Gasteiger partial charge in [0.05, 0.1) is 11.0 Å². The Morgan fingerprint density at radius 2 is 1.88 bits per heavy atom. The van der Waals surface area contributed by atoms with Crippen LogP contribution in [0.15, 0.2) is 23.0 Å². The van der Waals surface area contributed by atoms with Gasteiger partial charge in [-0.1, -0.05) is 18.9 Å². The molecule has 3 N–H and O–H groups in total. The normalized spacial score (nSPS) is 17.7. The summed E-state index contributed by atoms with van der Waals surface area (Å²) in [6.07, 6.45) is 6.00. The summed E-state index contributed by atoms with van der Waals surface area (Å²) in [5.74, 6) is -0.684. The third kappa shape index (κ3) is 3.58. The number of carbonyl (C=O) groups excluding carboxylic acids is 2. The smallest absolute Gasteiger partial charge is 0.329 e. The van der Waals surface area contributed by atoms with Crippen molar-refractivity contribution < 1.29 is 9.59 Å². The molecular weight excluding hydrogens is 332 g/mol. The predicted octanol–water partition coefficient (Wildman–Crippen LogP) is 1.38. The van der Waals surface area contributed by atoms with Gasteiger partial charge in [-0.3, -0.25) is 24.0 Å². The number of hydrogen-bond acceptors (Lipinski definition) is 4. The molecule has 1 atom stereocenters. The van der Waals surface area contributed by atoms with Crippen molar-refractivity contribution in [1.29, 1.82) is 0 Å². The molecule has 7 nitrogen and oxygen atoms in total. The Morgan fingerprint density at radius 3 is 2.62 bits per heavy atom. The van der Waals surface area contributed by atoms with E-state index in [2.05, 4.69) is 5.32 Å². The van der Waals surface area contributed by atoms with Gasteiger partial charge >= 0.3 is 5.69 Å². The molecule has 1 fully saturated rings. The van der Waals surface area contributed by atoms with Crippen molar-refractivity contribution in [2.75, 3.05) is 6.54 Å². The number of unbranched alkanes of at least 4 members (excludes halogenated alkanes) is 3. The van der Waals surface area contributed by atoms with E-state index in [1.54, 1.807) is 11.6 Å². The predicted molar refractivity (Wildman–Crippen MR) is 99.8 cm³/mol. The van der Waals surface area contributed by atoms with Crippen LogP contribution in [0, 0.1) is 0 Å². The van der Waals surface area contributed by atoms with E-state index in [0.717, 1.165) is 49.7 Å². The fourth-order valence-electron chi connectivity index (χ4n) is 3.62. The van der Waals surface area contributed by atoms with Crippen LogP contribution in [0.5, 0.6) is 0 Å². The largest absolute Gasteiger partial charge is 0.330 e. The second-order valence-corrected chi connectivity index (χ2v) is 6.95. The SMILES string of the molecule is Cn1c(=O)n(C2CCC(=O)NC2=O)c2ccc(CCCCCCN)cc21. The van der Waals surface area contributed by atoms with E-state index in [9.17, 15) is 14.4 Å². The molecule has 140 valence electrons. The van der Waals surface area contributed by atoms with E-state index in [0.29, 0.717) is 6.42 Å². The quantitative estimate of drug-likeness (QED) is 0.577. The van der Waals surface area contributed by atoms with E-state index < -0.39 is 11.9 Å². The number of aromatic nitrogens is 2. The minimum Gasteiger partial charge on any atom is -0.330 e. The molecule has 1 aromatic heterocycles. The average molecular weight is 358 g/mol. The average Bonchev–Trinajstić information content (AvgIpc) is 2.86. The molecular formula is C19H26N4O3. The van der Waals surface area contributed by atoms with Crippen LogP contribution in [0.25, 0.3) is 11.0 Å². The highest BCUT2D eigenvalue weighted by Crippen LogP contribution is 2.24. The van der Waals surface area contributed by atoms with Crippen LogP contribution in [-0.2, 0) is 23.1 Å². The summed E-state index contributed by atoms with van der Waals surface area (Å²) in [5.41, 5.74) is 8.02. The molecule has 26 heavy (non-hydrogen) atoms. The van der Waals surface area contributed by atoms with Gasteiger partial charge in [0.2, 0.25) is 11.8 Å². The van der Waals surface area contributed by atoms with Gasteiger partial charge in [0, 0.05) is 13.5 Å². The number of imidazole rings is 1. The summed E-state index contributed by atoms with van der Waals surface area (Å²) in [7, 11) is 1.72. The molecule has 2 aromatic rings. The number of nitrogens with one attached hydrogen (secondary N) is 1. The Morgan fingerprint density at radius 1 is 1.12 bits per heavy atom. The number of carbonyl (C=O) groups is 2. The molecule has 0 aliphatic carbocycles. The molecule has 7 heteroatoms. The molecule has 0 bridgehead atoms. The second kappa shape index (κ2) is 7.86. The molecule has 0 radical (unpaired) electrons. The molecule has 3 rings (SSSR count). The maximum Gasteiger partial charge on any atom is 0.329 e. The Balaban J connectivity index is 1.85. The molecule has 1 aliphatic heterocycles. The molecule has 1 aromatic carbocycles. The first-order chi connectivity index (χ1) is 12.5. The maximum absolute atomic E-state index is 12.7. The zero-order valence-electron chi connectivity index (χ0n) is 15.2. The van der Waals surface area contributed by atoms with Crippen LogP contribution in [0.2, 0.25) is 0 Å². The van der Waals surface area contributed by atoms with Crippen LogP contribution < -0.4 is 16.7 Å². The monoisotopic (exact) mass is 358 g/mol. The third-order valence-electron chi connectivity index (χ3n) is 5.10. The summed E-state index contributed by atoms with van der Waals surface area (Å²) in [4.78, 5) is 36.3. The number of piperidine rings is 1. The van der Waals surface area contributed by atoms with Gasteiger partial charge in [-0.25, -0.2) is 4.79 Å². The number of amides is 2. The van der Waals surface area contributed by atoms with Crippen molar-refractivity contribution >= 4 is 22.8 Å². The van der Waals surface area contributed by atoms with Gasteiger partial charge in [0.15, 0.2) is 0 Å². The summed E-state index contributed by atoms with van der Waals surface area (Å²) >= 11 is 0. The molecule has 0 saturated carbocycles. The van der Waals surface area contributed by atoms with Gasteiger partial charge in [0.25, 0.3) is 0 Å². The number of hydrogen-bond donors (Lipinski definition) is 2. The lowest BCUT2D eigenvalue weighted by atomic mass is 10.0. The Hall–Kier alpha value is -2.41. The van der Waals surface area contributed by atoms with Crippen LogP contribution >= 0.6 is 0 Å². The highest BCUT2D eigenvalue weighted by Gasteiger charge is 2.31. The number of aryl methyl sites for hydroxylation is 2. The van der Waals surface area contributed by atoms with E-state index >= 15 is 0 Å². The minimum absolute atomic E-state index is 0.227. The van der Waals surface area contributed by atoms with Crippen LogP contribution in [-0.4, -0.2) is 27.5 Å². The first kappa shape index (κ1) is 18.4. The number of nitrogens with two attached hydrogens (primary N) is 1. The fraction of sp³-hybridized carbons (Fsp3) is 0.526. The summed E-state index contributed by atoms with van der Waals surface area (Å²) in [6.45, 7) is 0.738. The zero-order chi connectivity index (χ0) is 18.7. The molecule has 1 unspecified atom stereocenters. The van der Waals surface area contributed by atoms with Crippen LogP contribution in [0.1, 0.15) is 50.1 Å². The molecule has 1 aliphatic rings. The first-order valence-corrected chi connectivity index (χ1v) is 9.26. The van der Waals surface area contributed by atoms with E-state index in [4.69, 9.17) is 5.73 Å². The number of imide groups is 1. The number of fused-ring (bicyclic) bond motifs is 1. The van der Waals surface area contributed by atoms with Gasteiger partial charge < -0.3 is 5.73 Å². The molecule has 1 saturated heterocycles. The van der Waals surface area contributed by atoms with E-state index in [1.165, 1.54) is 10.1 Å². The fourth-order valence-corrected chi connectivity index (χ4v) is 3.62. The van der Waals surface area contributed by atoms with Crippen molar-refractivity contribution in [2.24, 2.45) is 12.8 Å². The van der Waals surface area contributed by atoms with Gasteiger partial charge in [0.1, 0.15) is 6.04 Å². The molecule has 2 heterocycles. The lowest BCUT2D eigenvalue weighted by Gasteiger charge is -2.21. The number of rotatable bonds is 7. The summed E-state index contributed by atoms with van der Waals surface area (Å²) < 4.78 is 3.10. The van der Waals surface area contributed by atoms with Gasteiger partial charge in [-0.15, -0.1) is 0 Å². The van der Waals surface area contributed by atoms with Gasteiger partial charge in [-0.05, 0) is 49.9 Å². The van der Waals surface area contributed by atoms with E-state index in [1.807, 2.05) is 18.2 Å². The van der Waals surface area contributed by atoms with Crippen LogP contribution in [0.4, 0.5) is 0 Å². The zero-order valence-corrected chi connectivity index (χ0v) is 15.2. The Kier molecular flexibility index (Phi) is 5.56. The van der Waals surface area contributed by atoms with E-state index in [-0.39, 0.29) is 18.0 Å². The van der Waals surface area contributed by atoms with Gasteiger partial charge in [-0.2, -0.15) is 0 Å². The Bertz CT molecular complexity index is 881. The Labute approximate surface area is 152 Å². The van der Waals surface area contributed by atoms with Crippen molar-refractivity contribution in [2.45, 2.75) is 51.0 Å². The topological polar surface area (TPSA) is 99.1 Å². The first-order valence-electron chi connectivity index (χ1n) is 9.26. The summed E-state index contributed by atoms with van der Waals surface area (Å²) in [5, 5.41) is 2.33. The molecule has 0 spiro atoms. The van der Waals surface area contributed by atoms with Crippen LogP contribution in [0.3, 0.4) is 0 Å². The summed E-state index contributed by atoms with van der Waals surface area (Å²) in [6, 6.07) is 5.33. The lowest BCUT2D eigenvalue weighted by molar-refractivity contribution is -0.135. The van der Waals surface area contributed by atoms with Crippen molar-refractivity contribution in [3.05, 3.63) is 34.2 Å². The second-order valence-electron chi connectivity index (χ2n) is 6.95. The number of nitrogens with zero attached hydrogens (tertiary/aromatic N) is 2. The highest BCUT2D eigenvalue weighted by atomic mass is 16.2. The van der Waals surface area contributed by atoms with Crippen molar-refractivity contribution in [3.63, 3.8) is 0 Å². The standard InChI is InChI=1S/C19H26N4O3/c1-22-16-12-13(6-4-2-3-5-11-20)7-8-14(16)23(19(22)26)15-9-10-17(24)21-18(15)25/h7-8,12,15H,2-6,9-11,20H2,1H3,(H,21,24,25). The molecule has 2 amide bonds. The number of benzene rings is 1. The third-order valence-corrected chi connectivity index (χ3v) is 5.10. The lowest BCUT2D eigenvalue weighted by Crippen LogP contribution is -2.44. The minimum atomic E-state index is -0.633. The van der Waals surface area contributed by atoms with Crippen molar-refractivity contribution in [3.8, 4) is 0 Å². The van der Waals surface area contributed by atoms with Crippen molar-refractivity contribution in [1.82, 2.24) is 14.5 Å².